The highest BCUT2D eigenvalue weighted by Gasteiger charge is 2.16. The predicted octanol–water partition coefficient (Wildman–Crippen LogP) is 3.05. The van der Waals surface area contributed by atoms with Crippen LogP contribution in [0, 0.1) is 5.92 Å². The topological polar surface area (TPSA) is 32.3 Å². The van der Waals surface area contributed by atoms with Crippen LogP contribution in [0.1, 0.15) is 51.9 Å². The average molecular weight is 259 g/mol. The lowest BCUT2D eigenvalue weighted by atomic mass is 9.98. The smallest absolute Gasteiger partial charge is 0.0438 e. The molecule has 1 aliphatic rings. The van der Waals surface area contributed by atoms with E-state index in [1.54, 1.807) is 0 Å². The van der Waals surface area contributed by atoms with Crippen molar-refractivity contribution in [3.05, 3.63) is 0 Å². The van der Waals surface area contributed by atoms with Crippen LogP contribution in [0.5, 0.6) is 0 Å². The van der Waals surface area contributed by atoms with Crippen LogP contribution in [0.2, 0.25) is 0 Å². The lowest BCUT2D eigenvalue weighted by Gasteiger charge is -2.16. The zero-order valence-electron chi connectivity index (χ0n) is 11.3. The molecule has 1 aliphatic carbocycles. The Bertz CT molecular complexity index is 178. The number of hydrogen-bond acceptors (Lipinski definition) is 3. The average Bonchev–Trinajstić information content (AvgIpc) is 2.59. The molecule has 0 aliphatic heterocycles. The highest BCUT2D eigenvalue weighted by molar-refractivity contribution is 7.99. The van der Waals surface area contributed by atoms with E-state index in [0.29, 0.717) is 6.61 Å². The second kappa shape index (κ2) is 10.2. The molecule has 1 saturated carbocycles. The summed E-state index contributed by atoms with van der Waals surface area (Å²) in [4.78, 5) is 0. The van der Waals surface area contributed by atoms with Gasteiger partial charge < -0.3 is 10.4 Å². The summed E-state index contributed by atoms with van der Waals surface area (Å²) in [5.41, 5.74) is 0. The molecule has 1 rings (SSSR count). The van der Waals surface area contributed by atoms with Crippen LogP contribution >= 0.6 is 11.8 Å². The Kier molecular flexibility index (Phi) is 9.21. The largest absolute Gasteiger partial charge is 0.396 e. The first-order valence-electron chi connectivity index (χ1n) is 7.28. The molecule has 0 aromatic carbocycles. The highest BCUT2D eigenvalue weighted by Crippen LogP contribution is 2.25. The van der Waals surface area contributed by atoms with Crippen LogP contribution in [0.3, 0.4) is 0 Å². The molecule has 2 nitrogen and oxygen atoms in total. The number of nitrogens with one attached hydrogen (secondary N) is 1. The van der Waals surface area contributed by atoms with Crippen molar-refractivity contribution in [2.45, 2.75) is 57.9 Å². The van der Waals surface area contributed by atoms with Gasteiger partial charge in [0.25, 0.3) is 0 Å². The summed E-state index contributed by atoms with van der Waals surface area (Å²) < 4.78 is 0. The van der Waals surface area contributed by atoms with Gasteiger partial charge in [-0.15, -0.1) is 0 Å². The maximum absolute atomic E-state index is 8.68. The van der Waals surface area contributed by atoms with E-state index in [0.717, 1.165) is 30.7 Å². The molecular formula is C14H29NOS. The molecule has 0 aromatic rings. The summed E-state index contributed by atoms with van der Waals surface area (Å²) in [5, 5.41) is 12.4. The summed E-state index contributed by atoms with van der Waals surface area (Å²) in [6, 6.07) is 0.769. The van der Waals surface area contributed by atoms with Crippen LogP contribution < -0.4 is 5.32 Å². The first-order valence-corrected chi connectivity index (χ1v) is 8.44. The minimum Gasteiger partial charge on any atom is -0.396 e. The summed E-state index contributed by atoms with van der Waals surface area (Å²) >= 11 is 1.95. The molecule has 102 valence electrons. The molecule has 0 saturated heterocycles. The van der Waals surface area contributed by atoms with Crippen LogP contribution in [-0.4, -0.2) is 35.8 Å². The molecule has 0 radical (unpaired) electrons. The number of aliphatic hydroxyl groups excluding tert-OH is 1. The molecule has 0 amide bonds. The van der Waals surface area contributed by atoms with Gasteiger partial charge in [0.15, 0.2) is 0 Å². The first-order chi connectivity index (χ1) is 8.36. The van der Waals surface area contributed by atoms with Crippen LogP contribution in [0.4, 0.5) is 0 Å². The summed E-state index contributed by atoms with van der Waals surface area (Å²) in [6.07, 6.45) is 9.33. The van der Waals surface area contributed by atoms with Crippen molar-refractivity contribution in [2.24, 2.45) is 5.92 Å². The second-order valence-electron chi connectivity index (χ2n) is 5.12. The fraction of sp³-hybridized carbons (Fsp3) is 1.00. The molecule has 2 atom stereocenters. The van der Waals surface area contributed by atoms with Crippen molar-refractivity contribution in [1.29, 1.82) is 0 Å². The van der Waals surface area contributed by atoms with E-state index in [2.05, 4.69) is 12.2 Å². The van der Waals surface area contributed by atoms with Gasteiger partial charge in [-0.1, -0.05) is 26.2 Å². The minimum absolute atomic E-state index is 0.335. The van der Waals surface area contributed by atoms with E-state index < -0.39 is 0 Å². The standard InChI is InChI=1S/C14H29NOS/c1-2-13-5-3-6-14(8-7-13)15-9-12-17-11-4-10-16/h13-16H,2-12H2,1H3. The fourth-order valence-corrected chi connectivity index (χ4v) is 3.39. The Labute approximate surface area is 111 Å². The monoisotopic (exact) mass is 259 g/mol. The normalized spacial score (nSPS) is 25.8. The lowest BCUT2D eigenvalue weighted by molar-refractivity contribution is 0.296. The van der Waals surface area contributed by atoms with Gasteiger partial charge in [-0.25, -0.2) is 0 Å². The van der Waals surface area contributed by atoms with Gasteiger partial charge in [0.1, 0.15) is 0 Å². The molecule has 0 spiro atoms. The SMILES string of the molecule is CCC1CCCC(NCCSCCCO)CC1. The number of thioether (sulfide) groups is 1. The van der Waals surface area contributed by atoms with Gasteiger partial charge in [0.2, 0.25) is 0 Å². The molecule has 17 heavy (non-hydrogen) atoms. The maximum atomic E-state index is 8.68. The summed E-state index contributed by atoms with van der Waals surface area (Å²) in [7, 11) is 0. The molecule has 2 N–H and O–H groups in total. The van der Waals surface area contributed by atoms with Crippen molar-refractivity contribution in [2.75, 3.05) is 24.7 Å². The van der Waals surface area contributed by atoms with Gasteiger partial charge in [-0.05, 0) is 37.4 Å². The fourth-order valence-electron chi connectivity index (χ4n) is 2.59. The third kappa shape index (κ3) is 7.32. The quantitative estimate of drug-likeness (QED) is 0.519. The maximum Gasteiger partial charge on any atom is 0.0438 e. The van der Waals surface area contributed by atoms with Crippen molar-refractivity contribution in [3.8, 4) is 0 Å². The second-order valence-corrected chi connectivity index (χ2v) is 6.35. The van der Waals surface area contributed by atoms with E-state index >= 15 is 0 Å². The third-order valence-electron chi connectivity index (χ3n) is 3.79. The Hall–Kier alpha value is 0.270. The van der Waals surface area contributed by atoms with Gasteiger partial charge >= 0.3 is 0 Å². The Morgan fingerprint density at radius 2 is 2.06 bits per heavy atom. The third-order valence-corrected chi connectivity index (χ3v) is 4.86. The Morgan fingerprint density at radius 1 is 1.18 bits per heavy atom. The molecule has 0 heterocycles. The Morgan fingerprint density at radius 3 is 2.82 bits per heavy atom. The summed E-state index contributed by atoms with van der Waals surface area (Å²) in [5.74, 6) is 3.27. The van der Waals surface area contributed by atoms with Crippen LogP contribution in [0.25, 0.3) is 0 Å². The molecule has 1 fully saturated rings. The van der Waals surface area contributed by atoms with E-state index in [1.165, 1.54) is 44.3 Å². The van der Waals surface area contributed by atoms with E-state index in [9.17, 15) is 0 Å². The van der Waals surface area contributed by atoms with E-state index in [1.807, 2.05) is 11.8 Å². The molecule has 0 aromatic heterocycles. The van der Waals surface area contributed by atoms with E-state index in [-0.39, 0.29) is 0 Å². The van der Waals surface area contributed by atoms with Gasteiger partial charge in [0.05, 0.1) is 0 Å². The number of rotatable bonds is 8. The van der Waals surface area contributed by atoms with Crippen molar-refractivity contribution in [3.63, 3.8) is 0 Å². The summed E-state index contributed by atoms with van der Waals surface area (Å²) in [6.45, 7) is 3.80. The van der Waals surface area contributed by atoms with Gasteiger partial charge in [0, 0.05) is 24.9 Å². The first kappa shape index (κ1) is 15.3. The van der Waals surface area contributed by atoms with Gasteiger partial charge in [-0.3, -0.25) is 0 Å². The number of hydrogen-bond donors (Lipinski definition) is 2. The van der Waals surface area contributed by atoms with E-state index in [4.69, 9.17) is 5.11 Å². The van der Waals surface area contributed by atoms with Crippen molar-refractivity contribution < 1.29 is 5.11 Å². The van der Waals surface area contributed by atoms with Crippen molar-refractivity contribution in [1.82, 2.24) is 5.32 Å². The number of aliphatic hydroxyl groups is 1. The van der Waals surface area contributed by atoms with Crippen LogP contribution in [-0.2, 0) is 0 Å². The van der Waals surface area contributed by atoms with Crippen molar-refractivity contribution >= 4 is 11.8 Å². The lowest BCUT2D eigenvalue weighted by Crippen LogP contribution is -2.30. The molecule has 2 unspecified atom stereocenters. The zero-order chi connectivity index (χ0) is 12.3. The Balaban J connectivity index is 1.99. The zero-order valence-corrected chi connectivity index (χ0v) is 12.1. The van der Waals surface area contributed by atoms with Gasteiger partial charge in [-0.2, -0.15) is 11.8 Å². The molecule has 3 heteroatoms. The minimum atomic E-state index is 0.335. The molecule has 0 bridgehead atoms. The van der Waals surface area contributed by atoms with Crippen LogP contribution in [0.15, 0.2) is 0 Å². The predicted molar refractivity (Wildman–Crippen MR) is 77.7 cm³/mol. The molecular weight excluding hydrogens is 230 g/mol. The highest BCUT2D eigenvalue weighted by atomic mass is 32.2.